The molecule has 0 spiro atoms. The Labute approximate surface area is 112 Å². The first-order chi connectivity index (χ1) is 5.41. The van der Waals surface area contributed by atoms with Crippen LogP contribution in [0, 0.1) is 14.9 Å². The number of rotatable bonds is 8. The van der Waals surface area contributed by atoms with E-state index >= 15 is 0 Å². The monoisotopic (exact) mass is 301 g/mol. The number of hydrogen-bond acceptors (Lipinski definition) is 1. The minimum atomic E-state index is 0. The van der Waals surface area contributed by atoms with Crippen molar-refractivity contribution in [2.45, 2.75) is 58.3 Å². The topological polar surface area (TPSA) is 26.0 Å². The summed E-state index contributed by atoms with van der Waals surface area (Å²) in [5.74, 6) is 0. The smallest absolute Gasteiger partial charge is 0.358 e. The molecule has 1 nitrogen and oxygen atoms in total. The fourth-order valence-electron chi connectivity index (χ4n) is 1.28. The fourth-order valence-corrected chi connectivity index (χ4v) is 1.28. The maximum absolute atomic E-state index is 5.39. The van der Waals surface area contributed by atoms with E-state index in [0.717, 1.165) is 6.54 Å². The van der Waals surface area contributed by atoms with Crippen LogP contribution in [0.2, 0.25) is 0 Å². The van der Waals surface area contributed by atoms with Gasteiger partial charge in [0.05, 0.1) is 0 Å². The van der Waals surface area contributed by atoms with Crippen molar-refractivity contribution >= 4 is 0 Å². The van der Waals surface area contributed by atoms with E-state index in [4.69, 9.17) is 5.73 Å². The summed E-state index contributed by atoms with van der Waals surface area (Å²) >= 11 is 0. The Hall–Kier alpha value is 0.882. The van der Waals surface area contributed by atoms with Crippen molar-refractivity contribution in [2.24, 2.45) is 5.73 Å². The zero-order chi connectivity index (χ0) is 8.36. The molecule has 0 aromatic rings. The molecule has 0 atom stereocenters. The average Bonchev–Trinajstić information content (AvgIpc) is 2.03. The zero-order valence-electron chi connectivity index (χ0n) is 10.6. The van der Waals surface area contributed by atoms with Gasteiger partial charge in [-0.25, -0.2) is 0 Å². The van der Waals surface area contributed by atoms with E-state index in [9.17, 15) is 0 Å². The van der Waals surface area contributed by atoms with Gasteiger partial charge < -0.3 is 20.6 Å². The molecule has 0 radical (unpaired) electrons. The Morgan fingerprint density at radius 2 is 1.07 bits per heavy atom. The van der Waals surface area contributed by atoms with Crippen LogP contribution in [0.5, 0.6) is 0 Å². The Balaban J connectivity index is -0.000000167. The Kier molecular flexibility index (Phi) is 40.8. The summed E-state index contributed by atoms with van der Waals surface area (Å²) in [6.07, 6.45) is 11.0. The van der Waals surface area contributed by atoms with Crippen molar-refractivity contribution in [1.29, 1.82) is 0 Å². The molecule has 2 N–H and O–H groups in total. The molecule has 0 bridgehead atoms. The molecule has 0 heterocycles. The van der Waals surface area contributed by atoms with Crippen LogP contribution in [0.25, 0.3) is 0 Å². The zero-order valence-corrected chi connectivity index (χ0v) is 14.7. The third-order valence-corrected chi connectivity index (χ3v) is 2.06. The van der Waals surface area contributed by atoms with Crippen molar-refractivity contribution in [3.05, 3.63) is 14.9 Å². The Morgan fingerprint density at radius 1 is 0.714 bits per heavy atom. The Bertz CT molecular complexity index is 59.3. The van der Waals surface area contributed by atoms with E-state index in [1.807, 2.05) is 0 Å². The molecule has 14 heavy (non-hydrogen) atoms. The first-order valence-electron chi connectivity index (χ1n) is 5.12. The second kappa shape index (κ2) is 23.6. The molecule has 84 valence electrons. The molecule has 0 saturated carbocycles. The number of unbranched alkanes of at least 4 members (excludes halogenated alkanes) is 7. The molecule has 0 rings (SSSR count). The minimum Gasteiger partial charge on any atom is -0.358 e. The second-order valence-electron chi connectivity index (χ2n) is 3.26. The van der Waals surface area contributed by atoms with Gasteiger partial charge in [-0.15, -0.1) is 0 Å². The number of hydrogen-bond donors (Lipinski definition) is 1. The first kappa shape index (κ1) is 24.2. The molecule has 0 aliphatic carbocycles. The van der Waals surface area contributed by atoms with E-state index in [0.29, 0.717) is 0 Å². The summed E-state index contributed by atoms with van der Waals surface area (Å²) in [5.41, 5.74) is 5.39. The summed E-state index contributed by atoms with van der Waals surface area (Å²) in [6.45, 7) is 3.13. The van der Waals surface area contributed by atoms with Crippen LogP contribution in [0.1, 0.15) is 58.3 Å². The van der Waals surface area contributed by atoms with Crippen molar-refractivity contribution < 1.29 is 27.3 Å². The van der Waals surface area contributed by atoms with Gasteiger partial charge in [-0.3, -0.25) is 0 Å². The van der Waals surface area contributed by atoms with Crippen LogP contribution in [-0.2, 0) is 27.3 Å². The molecule has 0 aliphatic rings. The van der Waals surface area contributed by atoms with E-state index in [1.165, 1.54) is 51.4 Å². The molecule has 0 saturated heterocycles. The van der Waals surface area contributed by atoms with Gasteiger partial charge in [0.15, 0.2) is 0 Å². The molecule has 0 aromatic heterocycles. The summed E-state index contributed by atoms with van der Waals surface area (Å²) < 4.78 is 0. The third kappa shape index (κ3) is 23.1. The molecule has 0 aliphatic heterocycles. The van der Waals surface area contributed by atoms with Crippen LogP contribution < -0.4 is 5.73 Å². The van der Waals surface area contributed by atoms with Crippen LogP contribution in [0.15, 0.2) is 0 Å². The summed E-state index contributed by atoms with van der Waals surface area (Å²) in [7, 11) is 0. The van der Waals surface area contributed by atoms with Gasteiger partial charge in [0.25, 0.3) is 0 Å². The van der Waals surface area contributed by atoms with Gasteiger partial charge >= 0.3 is 27.3 Å². The second-order valence-corrected chi connectivity index (χ2v) is 3.26. The summed E-state index contributed by atoms with van der Waals surface area (Å²) in [4.78, 5) is 0. The van der Waals surface area contributed by atoms with Crippen LogP contribution in [0.3, 0.4) is 0 Å². The van der Waals surface area contributed by atoms with E-state index in [2.05, 4.69) is 6.92 Å². The van der Waals surface area contributed by atoms with Crippen LogP contribution in [-0.4, -0.2) is 6.54 Å². The molecule has 0 amide bonds. The third-order valence-electron chi connectivity index (χ3n) is 2.06. The van der Waals surface area contributed by atoms with E-state index in [-0.39, 0.29) is 42.2 Å². The maximum atomic E-state index is 5.39. The standard InChI is InChI=1S/C10H23N.2CH3.Cd/c1-2-3-4-5-6-7-8-9-10-11;;;/h2-11H2,1H3;2*1H3;/q;2*-1;+2. The minimum absolute atomic E-state index is 0. The predicted molar refractivity (Wildman–Crippen MR) is 64.5 cm³/mol. The van der Waals surface area contributed by atoms with Crippen molar-refractivity contribution in [3.63, 3.8) is 0 Å². The predicted octanol–water partition coefficient (Wildman–Crippen LogP) is 3.98. The average molecular weight is 300 g/mol. The molecular formula is C12H29CdN. The van der Waals surface area contributed by atoms with Crippen LogP contribution >= 0.6 is 0 Å². The van der Waals surface area contributed by atoms with Crippen molar-refractivity contribution in [2.75, 3.05) is 6.54 Å². The van der Waals surface area contributed by atoms with E-state index in [1.54, 1.807) is 0 Å². The summed E-state index contributed by atoms with van der Waals surface area (Å²) in [6, 6.07) is 0. The molecule has 2 heteroatoms. The largest absolute Gasteiger partial charge is 2.00 e. The van der Waals surface area contributed by atoms with Gasteiger partial charge in [0.2, 0.25) is 0 Å². The first-order valence-corrected chi connectivity index (χ1v) is 5.12. The quantitative estimate of drug-likeness (QED) is 0.409. The summed E-state index contributed by atoms with van der Waals surface area (Å²) in [5, 5.41) is 0. The molecular weight excluding hydrogens is 271 g/mol. The number of nitrogens with two attached hydrogens (primary N) is 1. The van der Waals surface area contributed by atoms with Gasteiger partial charge in [-0.05, 0) is 13.0 Å². The van der Waals surface area contributed by atoms with Gasteiger partial charge in [-0.1, -0.05) is 51.9 Å². The van der Waals surface area contributed by atoms with Crippen molar-refractivity contribution in [1.82, 2.24) is 0 Å². The maximum Gasteiger partial charge on any atom is 2.00 e. The van der Waals surface area contributed by atoms with Crippen molar-refractivity contribution in [3.8, 4) is 0 Å². The Morgan fingerprint density at radius 3 is 1.43 bits per heavy atom. The molecule has 0 aromatic carbocycles. The normalized spacial score (nSPS) is 8.14. The van der Waals surface area contributed by atoms with Gasteiger partial charge in [0, 0.05) is 0 Å². The molecule has 0 fully saturated rings. The SMILES string of the molecule is CCCCCCCCCCN.[CH3-].[CH3-].[Cd+2]. The molecule has 0 unspecified atom stereocenters. The van der Waals surface area contributed by atoms with Gasteiger partial charge in [0.1, 0.15) is 0 Å². The fraction of sp³-hybridized carbons (Fsp3) is 0.833. The van der Waals surface area contributed by atoms with E-state index < -0.39 is 0 Å². The van der Waals surface area contributed by atoms with Crippen LogP contribution in [0.4, 0.5) is 0 Å². The van der Waals surface area contributed by atoms with Gasteiger partial charge in [-0.2, -0.15) is 0 Å².